The molecular weight excluding hydrogens is 294 g/mol. The highest BCUT2D eigenvalue weighted by atomic mass is 16.5. The van der Waals surface area contributed by atoms with Crippen molar-refractivity contribution in [2.24, 2.45) is 0 Å². The van der Waals surface area contributed by atoms with Crippen LogP contribution in [0.2, 0.25) is 0 Å². The molecule has 1 atom stereocenters. The minimum atomic E-state index is -0.977. The number of carbonyl (C=O) groups is 1. The van der Waals surface area contributed by atoms with E-state index in [4.69, 9.17) is 9.47 Å². The average Bonchev–Trinajstić information content (AvgIpc) is 2.59. The molecule has 0 radical (unpaired) electrons. The number of methoxy groups -OCH3 is 1. The van der Waals surface area contributed by atoms with Crippen molar-refractivity contribution in [1.29, 1.82) is 0 Å². The Hall–Kier alpha value is -1.43. The van der Waals surface area contributed by atoms with Crippen molar-refractivity contribution >= 4 is 5.91 Å². The number of hydrogen-bond donors (Lipinski definition) is 2. The van der Waals surface area contributed by atoms with E-state index >= 15 is 0 Å². The second-order valence-electron chi connectivity index (χ2n) is 6.48. The Morgan fingerprint density at radius 1 is 1.35 bits per heavy atom. The van der Waals surface area contributed by atoms with Gasteiger partial charge < -0.3 is 19.9 Å². The number of nitrogens with one attached hydrogen (secondary N) is 1. The van der Waals surface area contributed by atoms with Crippen molar-refractivity contribution in [3.05, 3.63) is 35.9 Å². The number of amides is 1. The lowest BCUT2D eigenvalue weighted by Gasteiger charge is -2.37. The van der Waals surface area contributed by atoms with E-state index in [0.717, 1.165) is 5.56 Å². The number of aliphatic hydroxyl groups is 1. The first-order valence-corrected chi connectivity index (χ1v) is 8.13. The van der Waals surface area contributed by atoms with Gasteiger partial charge in [-0.1, -0.05) is 30.3 Å². The van der Waals surface area contributed by atoms with Gasteiger partial charge in [-0.05, 0) is 25.3 Å². The third-order valence-corrected chi connectivity index (χ3v) is 4.58. The quantitative estimate of drug-likeness (QED) is 0.801. The first-order chi connectivity index (χ1) is 11.0. The lowest BCUT2D eigenvalue weighted by atomic mass is 9.73. The maximum atomic E-state index is 12.9. The van der Waals surface area contributed by atoms with E-state index in [2.05, 4.69) is 5.32 Å². The molecule has 0 bridgehead atoms. The molecule has 1 heterocycles. The molecule has 5 heteroatoms. The topological polar surface area (TPSA) is 67.8 Å². The van der Waals surface area contributed by atoms with Crippen LogP contribution in [0, 0.1) is 0 Å². The summed E-state index contributed by atoms with van der Waals surface area (Å²) in [4.78, 5) is 12.9. The zero-order chi connectivity index (χ0) is 16.8. The minimum Gasteiger partial charge on any atom is -0.388 e. The van der Waals surface area contributed by atoms with Crippen molar-refractivity contribution in [3.8, 4) is 0 Å². The molecule has 128 valence electrons. The predicted molar refractivity (Wildman–Crippen MR) is 88.3 cm³/mol. The zero-order valence-electron chi connectivity index (χ0n) is 14.0. The molecule has 0 aromatic heterocycles. The molecular formula is C18H27NO4. The second-order valence-corrected chi connectivity index (χ2v) is 6.48. The summed E-state index contributed by atoms with van der Waals surface area (Å²) < 4.78 is 10.4. The summed E-state index contributed by atoms with van der Waals surface area (Å²) in [7, 11) is 1.60. The van der Waals surface area contributed by atoms with Crippen LogP contribution in [0.3, 0.4) is 0 Å². The van der Waals surface area contributed by atoms with E-state index in [0.29, 0.717) is 39.1 Å². The highest BCUT2D eigenvalue weighted by Gasteiger charge is 2.42. The fraction of sp³-hybridized carbons (Fsp3) is 0.611. The molecule has 0 saturated carbocycles. The molecule has 1 aliphatic rings. The molecule has 0 spiro atoms. The Kier molecular flexibility index (Phi) is 6.16. The summed E-state index contributed by atoms with van der Waals surface area (Å²) in [6, 6.07) is 9.84. The van der Waals surface area contributed by atoms with Gasteiger partial charge in [0.05, 0.1) is 11.0 Å². The maximum absolute atomic E-state index is 12.9. The van der Waals surface area contributed by atoms with Crippen LogP contribution in [0.4, 0.5) is 0 Å². The molecule has 23 heavy (non-hydrogen) atoms. The molecule has 1 unspecified atom stereocenters. The Morgan fingerprint density at radius 3 is 2.61 bits per heavy atom. The van der Waals surface area contributed by atoms with Crippen LogP contribution < -0.4 is 5.32 Å². The molecule has 2 N–H and O–H groups in total. The Labute approximate surface area is 138 Å². The van der Waals surface area contributed by atoms with Crippen molar-refractivity contribution < 1.29 is 19.4 Å². The van der Waals surface area contributed by atoms with Crippen LogP contribution in [0.15, 0.2) is 30.3 Å². The van der Waals surface area contributed by atoms with Crippen LogP contribution in [0.25, 0.3) is 0 Å². The van der Waals surface area contributed by atoms with Gasteiger partial charge >= 0.3 is 0 Å². The van der Waals surface area contributed by atoms with Gasteiger partial charge in [-0.2, -0.15) is 0 Å². The standard InChI is InChI=1S/C18H27NO4/c1-17(21,8-11-22-2)14-19-16(20)18(9-12-23-13-10-18)15-6-4-3-5-7-15/h3-7,21H,8-14H2,1-2H3,(H,19,20). The fourth-order valence-electron chi connectivity index (χ4n) is 2.97. The lowest BCUT2D eigenvalue weighted by Crippen LogP contribution is -2.51. The largest absolute Gasteiger partial charge is 0.388 e. The van der Waals surface area contributed by atoms with Gasteiger partial charge in [0.1, 0.15) is 0 Å². The van der Waals surface area contributed by atoms with Gasteiger partial charge in [-0.15, -0.1) is 0 Å². The van der Waals surface area contributed by atoms with Crippen molar-refractivity contribution in [1.82, 2.24) is 5.32 Å². The lowest BCUT2D eigenvalue weighted by molar-refractivity contribution is -0.131. The molecule has 1 fully saturated rings. The Balaban J connectivity index is 2.09. The Morgan fingerprint density at radius 2 is 2.00 bits per heavy atom. The molecule has 1 aromatic rings. The van der Waals surface area contributed by atoms with Crippen molar-refractivity contribution in [2.45, 2.75) is 37.2 Å². The monoisotopic (exact) mass is 321 g/mol. The number of hydrogen-bond acceptors (Lipinski definition) is 4. The van der Waals surface area contributed by atoms with E-state index in [1.54, 1.807) is 14.0 Å². The minimum absolute atomic E-state index is 0.0373. The van der Waals surface area contributed by atoms with E-state index in [1.807, 2.05) is 30.3 Å². The van der Waals surface area contributed by atoms with Crippen molar-refractivity contribution in [3.63, 3.8) is 0 Å². The summed E-state index contributed by atoms with van der Waals surface area (Å²) in [5.74, 6) is -0.0373. The predicted octanol–water partition coefficient (Wildman–Crippen LogP) is 1.64. The summed E-state index contributed by atoms with van der Waals surface area (Å²) >= 11 is 0. The smallest absolute Gasteiger partial charge is 0.230 e. The molecule has 0 aliphatic carbocycles. The molecule has 1 saturated heterocycles. The van der Waals surface area contributed by atoms with Crippen molar-refractivity contribution in [2.75, 3.05) is 33.5 Å². The normalized spacial score (nSPS) is 19.8. The van der Waals surface area contributed by atoms with E-state index in [1.165, 1.54) is 0 Å². The Bertz CT molecular complexity index is 495. The number of benzene rings is 1. The van der Waals surface area contributed by atoms with Gasteiger partial charge in [-0.3, -0.25) is 4.79 Å². The summed E-state index contributed by atoms with van der Waals surface area (Å²) in [6.07, 6.45) is 1.79. The number of rotatable bonds is 7. The number of carbonyl (C=O) groups excluding carboxylic acids is 1. The molecule has 5 nitrogen and oxygen atoms in total. The van der Waals surface area contributed by atoms with E-state index in [9.17, 15) is 9.90 Å². The third-order valence-electron chi connectivity index (χ3n) is 4.58. The molecule has 1 aliphatic heterocycles. The van der Waals surface area contributed by atoms with Crippen LogP contribution in [0.5, 0.6) is 0 Å². The van der Waals surface area contributed by atoms with Crippen LogP contribution in [0.1, 0.15) is 31.7 Å². The highest BCUT2D eigenvalue weighted by molar-refractivity contribution is 5.88. The highest BCUT2D eigenvalue weighted by Crippen LogP contribution is 2.35. The maximum Gasteiger partial charge on any atom is 0.230 e. The second kappa shape index (κ2) is 7.90. The average molecular weight is 321 g/mol. The first-order valence-electron chi connectivity index (χ1n) is 8.13. The summed E-state index contributed by atoms with van der Waals surface area (Å²) in [6.45, 7) is 3.53. The van der Waals surface area contributed by atoms with Gasteiger partial charge in [0.2, 0.25) is 5.91 Å². The number of ether oxygens (including phenoxy) is 2. The third kappa shape index (κ3) is 4.53. The SMILES string of the molecule is COCCC(C)(O)CNC(=O)C1(c2ccccc2)CCOCC1. The van der Waals surface area contributed by atoms with Gasteiger partial charge in [0, 0.05) is 39.9 Å². The fourth-order valence-corrected chi connectivity index (χ4v) is 2.97. The first kappa shape index (κ1) is 17.9. The van der Waals surface area contributed by atoms with E-state index in [-0.39, 0.29) is 12.5 Å². The van der Waals surface area contributed by atoms with Gasteiger partial charge in [0.25, 0.3) is 0 Å². The van der Waals surface area contributed by atoms with Crippen LogP contribution in [-0.4, -0.2) is 50.1 Å². The van der Waals surface area contributed by atoms with Gasteiger partial charge in [-0.25, -0.2) is 0 Å². The van der Waals surface area contributed by atoms with E-state index < -0.39 is 11.0 Å². The summed E-state index contributed by atoms with van der Waals surface area (Å²) in [5, 5.41) is 13.3. The molecule has 1 aromatic carbocycles. The molecule has 1 amide bonds. The molecule has 2 rings (SSSR count). The van der Waals surface area contributed by atoms with Gasteiger partial charge in [0.15, 0.2) is 0 Å². The zero-order valence-corrected chi connectivity index (χ0v) is 14.0. The van der Waals surface area contributed by atoms with Crippen LogP contribution in [-0.2, 0) is 19.7 Å². The summed E-state index contributed by atoms with van der Waals surface area (Å²) in [5.41, 5.74) is -0.539. The van der Waals surface area contributed by atoms with Crippen LogP contribution >= 0.6 is 0 Å².